The molecule has 0 aliphatic heterocycles. The summed E-state index contributed by atoms with van der Waals surface area (Å²) in [4.78, 5) is 33.9. The lowest BCUT2D eigenvalue weighted by atomic mass is 10.0. The number of aromatic nitrogens is 5. The number of H-pyrrole nitrogens is 1. The summed E-state index contributed by atoms with van der Waals surface area (Å²) in [6, 6.07) is 11.5. The van der Waals surface area contributed by atoms with Gasteiger partial charge >= 0.3 is 11.8 Å². The number of hydrogen-bond acceptors (Lipinski definition) is 10. The van der Waals surface area contributed by atoms with E-state index in [9.17, 15) is 9.59 Å². The fourth-order valence-electron chi connectivity index (χ4n) is 3.41. The molecule has 194 valence electrons. The Hall–Kier alpha value is -5.45. The van der Waals surface area contributed by atoms with Crippen LogP contribution in [-0.2, 0) is 4.74 Å². The van der Waals surface area contributed by atoms with Crippen LogP contribution in [0.15, 0.2) is 59.7 Å². The van der Waals surface area contributed by atoms with E-state index < -0.39 is 23.7 Å². The number of carboxylic acid groups (broad SMARTS) is 1. The van der Waals surface area contributed by atoms with E-state index in [-0.39, 0.29) is 42.0 Å². The van der Waals surface area contributed by atoms with Gasteiger partial charge in [-0.05, 0) is 36.4 Å². The number of nitrogens with one attached hydrogen (secondary N) is 2. The number of carbonyl (C=O) groups is 1. The van der Waals surface area contributed by atoms with E-state index in [2.05, 4.69) is 30.1 Å². The molecule has 1 atom stereocenters. The summed E-state index contributed by atoms with van der Waals surface area (Å²) in [6.07, 6.45) is 1.39. The van der Waals surface area contributed by atoms with E-state index in [4.69, 9.17) is 19.8 Å². The first kappa shape index (κ1) is 25.6. The molecule has 2 aromatic carbocycles. The fourth-order valence-corrected chi connectivity index (χ4v) is 3.41. The minimum absolute atomic E-state index is 0.00527. The molecule has 0 saturated heterocycles. The molecule has 0 amide bonds. The summed E-state index contributed by atoms with van der Waals surface area (Å²) in [6.45, 7) is -0.594. The lowest BCUT2D eigenvalue weighted by Crippen LogP contribution is -2.18. The third-order valence-electron chi connectivity index (χ3n) is 5.13. The van der Waals surface area contributed by atoms with Crippen LogP contribution >= 0.6 is 0 Å². The van der Waals surface area contributed by atoms with Gasteiger partial charge in [-0.25, -0.2) is 23.9 Å². The molecule has 3 N–H and O–H groups in total. The Labute approximate surface area is 214 Å². The van der Waals surface area contributed by atoms with Crippen molar-refractivity contribution < 1.29 is 28.5 Å². The van der Waals surface area contributed by atoms with Gasteiger partial charge in [0.1, 0.15) is 25.0 Å². The molecule has 14 heteroatoms. The molecule has 0 aliphatic rings. The number of nitrogens with zero attached hydrogens (tertiary/aromatic N) is 5. The molecule has 1 unspecified atom stereocenters. The highest BCUT2D eigenvalue weighted by Gasteiger charge is 2.27. The molecule has 4 rings (SSSR count). The fraction of sp³-hybridized carbons (Fsp3) is 0.167. The average Bonchev–Trinajstić information content (AvgIpc) is 3.32. The molecule has 38 heavy (non-hydrogen) atoms. The lowest BCUT2D eigenvalue weighted by molar-refractivity contribution is 0.0774. The Morgan fingerprint density at radius 2 is 1.97 bits per heavy atom. The third kappa shape index (κ3) is 5.85. The molecule has 2 aromatic heterocycles. The number of rotatable bonds is 10. The quantitative estimate of drug-likeness (QED) is 0.206. The van der Waals surface area contributed by atoms with Crippen LogP contribution in [0.4, 0.5) is 14.9 Å². The van der Waals surface area contributed by atoms with Gasteiger partial charge in [0.25, 0.3) is 5.95 Å². The maximum absolute atomic E-state index is 15.8. The molecule has 0 saturated carbocycles. The molecule has 0 spiro atoms. The zero-order valence-electron chi connectivity index (χ0n) is 19.8. The Kier molecular flexibility index (Phi) is 7.77. The molecule has 0 aliphatic carbocycles. The van der Waals surface area contributed by atoms with Crippen molar-refractivity contribution in [3.8, 4) is 23.5 Å². The van der Waals surface area contributed by atoms with E-state index in [0.29, 0.717) is 11.3 Å². The van der Waals surface area contributed by atoms with Gasteiger partial charge in [0, 0.05) is 29.7 Å². The summed E-state index contributed by atoms with van der Waals surface area (Å²) >= 11 is 0. The van der Waals surface area contributed by atoms with E-state index in [1.165, 1.54) is 31.6 Å². The van der Waals surface area contributed by atoms with Crippen molar-refractivity contribution >= 4 is 11.8 Å². The van der Waals surface area contributed by atoms with Crippen LogP contribution in [0.2, 0.25) is 0 Å². The molecular weight excluding hydrogens is 501 g/mol. The maximum Gasteiger partial charge on any atom is 0.505 e. The number of aromatic amines is 1. The Balaban J connectivity index is 1.78. The SMILES string of the molecule is COc1cc(OCCOC(=O)O)c(F)c(C(Nc2ccc(C#N)cc2)c2nn(-c3ncccn3)c(=O)[nH]2)c1. The second kappa shape index (κ2) is 11.5. The van der Waals surface area contributed by atoms with Crippen molar-refractivity contribution in [2.45, 2.75) is 6.04 Å². The Bertz CT molecular complexity index is 1520. The summed E-state index contributed by atoms with van der Waals surface area (Å²) in [7, 11) is 1.38. The molecule has 13 nitrogen and oxygen atoms in total. The molecule has 0 radical (unpaired) electrons. The monoisotopic (exact) mass is 521 g/mol. The maximum atomic E-state index is 15.8. The Morgan fingerprint density at radius 1 is 1.24 bits per heavy atom. The lowest BCUT2D eigenvalue weighted by Gasteiger charge is -2.21. The van der Waals surface area contributed by atoms with Gasteiger partial charge in [0.05, 0.1) is 18.7 Å². The number of ether oxygens (including phenoxy) is 3. The molecule has 2 heterocycles. The van der Waals surface area contributed by atoms with Gasteiger partial charge in [-0.3, -0.25) is 4.98 Å². The second-order valence-electron chi connectivity index (χ2n) is 7.53. The second-order valence-corrected chi connectivity index (χ2v) is 7.53. The highest BCUT2D eigenvalue weighted by molar-refractivity contribution is 5.56. The van der Waals surface area contributed by atoms with Crippen LogP contribution in [0.1, 0.15) is 23.0 Å². The predicted octanol–water partition coefficient (Wildman–Crippen LogP) is 2.64. The molecule has 4 aromatic rings. The van der Waals surface area contributed by atoms with Crippen molar-refractivity contribution in [3.63, 3.8) is 0 Å². The summed E-state index contributed by atoms with van der Waals surface area (Å²) in [5.74, 6) is -0.827. The van der Waals surface area contributed by atoms with Crippen molar-refractivity contribution in [1.82, 2.24) is 24.7 Å². The normalized spacial score (nSPS) is 11.3. The summed E-state index contributed by atoms with van der Waals surface area (Å²) in [5, 5.41) is 25.1. The van der Waals surface area contributed by atoms with E-state index in [1.807, 2.05) is 6.07 Å². The van der Waals surface area contributed by atoms with Gasteiger partial charge in [-0.15, -0.1) is 9.78 Å². The summed E-state index contributed by atoms with van der Waals surface area (Å²) in [5.41, 5.74) is 0.221. The minimum atomic E-state index is -1.49. The highest BCUT2D eigenvalue weighted by atomic mass is 19.1. The zero-order chi connectivity index (χ0) is 27.1. The van der Waals surface area contributed by atoms with Gasteiger partial charge in [-0.2, -0.15) is 5.26 Å². The van der Waals surface area contributed by atoms with Gasteiger partial charge in [0.2, 0.25) is 0 Å². The molecule has 0 bridgehead atoms. The van der Waals surface area contributed by atoms with E-state index >= 15 is 4.39 Å². The van der Waals surface area contributed by atoms with E-state index in [1.54, 1.807) is 30.3 Å². The van der Waals surface area contributed by atoms with Crippen LogP contribution in [0, 0.1) is 17.1 Å². The third-order valence-corrected chi connectivity index (χ3v) is 5.13. The number of nitriles is 1. The smallest absolute Gasteiger partial charge is 0.497 e. The number of halogens is 1. The van der Waals surface area contributed by atoms with Crippen molar-refractivity contribution in [2.75, 3.05) is 25.6 Å². The molecular formula is C24H20FN7O6. The standard InChI is InChI=1S/C24H20FN7O6/c1-36-16-11-17(19(25)18(12-16)37-9-10-38-24(34)35)20(29-15-5-3-14(13-26)4-6-15)21-30-23(33)32(31-21)22-27-7-2-8-28-22/h2-8,11-12,20,29H,9-10H2,1H3,(H,34,35)(H,30,31,33). The van der Waals surface area contributed by atoms with Crippen molar-refractivity contribution in [3.05, 3.63) is 88.1 Å². The van der Waals surface area contributed by atoms with Gasteiger partial charge in [-0.1, -0.05) is 0 Å². The van der Waals surface area contributed by atoms with Gasteiger partial charge < -0.3 is 24.6 Å². The number of hydrogen-bond donors (Lipinski definition) is 3. The highest BCUT2D eigenvalue weighted by Crippen LogP contribution is 2.35. The van der Waals surface area contributed by atoms with Crippen molar-refractivity contribution in [2.24, 2.45) is 0 Å². The van der Waals surface area contributed by atoms with Crippen molar-refractivity contribution in [1.29, 1.82) is 5.26 Å². The minimum Gasteiger partial charge on any atom is -0.497 e. The largest absolute Gasteiger partial charge is 0.505 e. The van der Waals surface area contributed by atoms with Crippen LogP contribution in [-0.4, -0.2) is 56.3 Å². The first-order chi connectivity index (χ1) is 18.4. The number of benzene rings is 2. The number of anilines is 1. The van der Waals surface area contributed by atoms with Crippen LogP contribution in [0.5, 0.6) is 11.5 Å². The van der Waals surface area contributed by atoms with Gasteiger partial charge in [0.15, 0.2) is 17.4 Å². The first-order valence-electron chi connectivity index (χ1n) is 11.0. The average molecular weight is 521 g/mol. The number of methoxy groups -OCH3 is 1. The predicted molar refractivity (Wildman–Crippen MR) is 129 cm³/mol. The zero-order valence-corrected chi connectivity index (χ0v) is 19.8. The summed E-state index contributed by atoms with van der Waals surface area (Å²) < 4.78 is 31.8. The first-order valence-corrected chi connectivity index (χ1v) is 11.0. The van der Waals surface area contributed by atoms with Crippen LogP contribution in [0.3, 0.4) is 0 Å². The topological polar surface area (TPSA) is 177 Å². The molecule has 0 fully saturated rings. The van der Waals surface area contributed by atoms with Crippen LogP contribution < -0.4 is 20.5 Å². The van der Waals surface area contributed by atoms with Crippen LogP contribution in [0.25, 0.3) is 5.95 Å². The van der Waals surface area contributed by atoms with E-state index in [0.717, 1.165) is 4.68 Å². The Morgan fingerprint density at radius 3 is 2.63 bits per heavy atom.